The van der Waals surface area contributed by atoms with E-state index in [-0.39, 0.29) is 18.8 Å². The normalized spacial score (nSPS) is 17.6. The van der Waals surface area contributed by atoms with Gasteiger partial charge in [-0.3, -0.25) is 14.6 Å². The molecular weight excluding hydrogens is 226 g/mol. The monoisotopic (exact) mass is 239 g/mol. The zero-order chi connectivity index (χ0) is 12.6. The molecule has 0 spiro atoms. The van der Waals surface area contributed by atoms with Gasteiger partial charge in [-0.15, -0.1) is 0 Å². The Hall–Kier alpha value is -1.89. The molecule has 1 aliphatic heterocycles. The van der Waals surface area contributed by atoms with Crippen LogP contribution in [0, 0.1) is 0 Å². The second-order valence-corrected chi connectivity index (χ2v) is 4.24. The van der Waals surface area contributed by atoms with Gasteiger partial charge in [0.15, 0.2) is 0 Å². The maximum atomic E-state index is 11.8. The third-order valence-corrected chi connectivity index (χ3v) is 2.91. The van der Waals surface area contributed by atoms with E-state index >= 15 is 0 Å². The number of aromatic nitrogens is 2. The van der Waals surface area contributed by atoms with E-state index in [4.69, 9.17) is 0 Å². The summed E-state index contributed by atoms with van der Waals surface area (Å²) in [6.45, 7) is 2.27. The average Bonchev–Trinajstić information content (AvgIpc) is 2.22. The first-order valence-electron chi connectivity index (χ1n) is 5.29. The Kier molecular flexibility index (Phi) is 2.62. The van der Waals surface area contributed by atoms with Crippen LogP contribution in [-0.2, 0) is 0 Å². The Balaban J connectivity index is 2.17. The molecular formula is C10H13N3O4. The molecule has 1 aliphatic rings. The Morgan fingerprint density at radius 3 is 2.65 bits per heavy atom. The molecule has 0 aliphatic carbocycles. The number of rotatable bonds is 2. The number of nitrogens with zero attached hydrogens (tertiary/aromatic N) is 1. The van der Waals surface area contributed by atoms with Gasteiger partial charge < -0.3 is 15.0 Å². The number of nitrogens with one attached hydrogen (secondary N) is 2. The van der Waals surface area contributed by atoms with Crippen molar-refractivity contribution in [2.24, 2.45) is 0 Å². The molecule has 1 aromatic rings. The number of hydrogen-bond acceptors (Lipinski definition) is 4. The lowest BCUT2D eigenvalue weighted by atomic mass is 9.91. The van der Waals surface area contributed by atoms with Gasteiger partial charge in [0.25, 0.3) is 11.5 Å². The van der Waals surface area contributed by atoms with Crippen LogP contribution in [-0.4, -0.2) is 44.6 Å². The van der Waals surface area contributed by atoms with E-state index in [1.54, 1.807) is 0 Å². The smallest absolute Gasteiger partial charge is 0.326 e. The van der Waals surface area contributed by atoms with Crippen molar-refractivity contribution >= 4 is 5.91 Å². The fourth-order valence-corrected chi connectivity index (χ4v) is 1.79. The van der Waals surface area contributed by atoms with Crippen molar-refractivity contribution in [2.75, 3.05) is 13.1 Å². The van der Waals surface area contributed by atoms with Gasteiger partial charge in [0.2, 0.25) is 0 Å². The highest BCUT2D eigenvalue weighted by Gasteiger charge is 2.42. The summed E-state index contributed by atoms with van der Waals surface area (Å²) >= 11 is 0. The fourth-order valence-electron chi connectivity index (χ4n) is 1.79. The molecule has 0 unspecified atom stereocenters. The highest BCUT2D eigenvalue weighted by Crippen LogP contribution is 2.24. The number of H-pyrrole nitrogens is 2. The summed E-state index contributed by atoms with van der Waals surface area (Å²) < 4.78 is 0. The Bertz CT molecular complexity index is 525. The Labute approximate surface area is 96.1 Å². The lowest BCUT2D eigenvalue weighted by Crippen LogP contribution is -2.63. The van der Waals surface area contributed by atoms with E-state index in [2.05, 4.69) is 4.98 Å². The van der Waals surface area contributed by atoms with Crippen LogP contribution in [0.4, 0.5) is 0 Å². The molecule has 17 heavy (non-hydrogen) atoms. The van der Waals surface area contributed by atoms with Crippen LogP contribution < -0.4 is 11.2 Å². The van der Waals surface area contributed by atoms with E-state index in [1.807, 2.05) is 11.9 Å². The molecule has 92 valence electrons. The van der Waals surface area contributed by atoms with Crippen molar-refractivity contribution in [2.45, 2.75) is 18.9 Å². The number of likely N-dealkylation sites (tertiary alicyclic amines) is 1. The van der Waals surface area contributed by atoms with E-state index < -0.39 is 22.8 Å². The largest absolute Gasteiger partial charge is 0.386 e. The molecule has 7 heteroatoms. The lowest BCUT2D eigenvalue weighted by Gasteiger charge is -2.45. The van der Waals surface area contributed by atoms with Crippen LogP contribution in [0.15, 0.2) is 15.7 Å². The molecule has 1 amide bonds. The lowest BCUT2D eigenvalue weighted by molar-refractivity contribution is -0.0828. The number of aliphatic hydroxyl groups is 1. The van der Waals surface area contributed by atoms with E-state index in [1.165, 1.54) is 4.90 Å². The number of carbonyl (C=O) groups excluding carboxylic acids is 1. The third kappa shape index (κ3) is 2.14. The fraction of sp³-hybridized carbons (Fsp3) is 0.500. The van der Waals surface area contributed by atoms with E-state index in [9.17, 15) is 19.5 Å². The van der Waals surface area contributed by atoms with Crippen LogP contribution >= 0.6 is 0 Å². The van der Waals surface area contributed by atoms with Crippen LogP contribution in [0.5, 0.6) is 0 Å². The highest BCUT2D eigenvalue weighted by atomic mass is 16.3. The van der Waals surface area contributed by atoms with Gasteiger partial charge >= 0.3 is 5.69 Å². The first kappa shape index (κ1) is 11.6. The molecule has 0 saturated carbocycles. The summed E-state index contributed by atoms with van der Waals surface area (Å²) in [4.78, 5) is 39.5. The highest BCUT2D eigenvalue weighted by molar-refractivity contribution is 5.92. The molecule has 0 atom stereocenters. The number of aromatic amines is 2. The summed E-state index contributed by atoms with van der Waals surface area (Å²) in [5.41, 5.74) is -2.23. The maximum Gasteiger partial charge on any atom is 0.326 e. The van der Waals surface area contributed by atoms with Crippen LogP contribution in [0.25, 0.3) is 0 Å². The molecule has 3 N–H and O–H groups in total. The molecule has 0 radical (unpaired) electrons. The number of β-amino-alcohol motifs (C(OH)–C–C–N with tert-alkyl or cyclic N) is 1. The topological polar surface area (TPSA) is 106 Å². The Morgan fingerprint density at radius 1 is 1.47 bits per heavy atom. The van der Waals surface area contributed by atoms with E-state index in [0.29, 0.717) is 6.42 Å². The van der Waals surface area contributed by atoms with Crippen LogP contribution in [0.2, 0.25) is 0 Å². The van der Waals surface area contributed by atoms with Gasteiger partial charge in [0, 0.05) is 6.07 Å². The van der Waals surface area contributed by atoms with Crippen molar-refractivity contribution in [3.05, 3.63) is 32.6 Å². The molecule has 1 fully saturated rings. The van der Waals surface area contributed by atoms with Gasteiger partial charge in [-0.2, -0.15) is 0 Å². The summed E-state index contributed by atoms with van der Waals surface area (Å²) in [6, 6.07) is 1.03. The molecule has 0 bridgehead atoms. The van der Waals surface area contributed by atoms with Crippen molar-refractivity contribution in [3.8, 4) is 0 Å². The first-order valence-corrected chi connectivity index (χ1v) is 5.29. The molecule has 2 rings (SSSR count). The standard InChI is InChI=1S/C10H13N3O4/c1-2-10(17)4-13(5-10)8(15)6-3-7(14)12-9(16)11-6/h3,17H,2,4-5H2,1H3,(H2,11,12,14,16). The molecule has 2 heterocycles. The maximum absolute atomic E-state index is 11.8. The van der Waals surface area contributed by atoms with Crippen molar-refractivity contribution in [1.82, 2.24) is 14.9 Å². The number of carbonyl (C=O) groups is 1. The van der Waals surface area contributed by atoms with Gasteiger partial charge in [-0.05, 0) is 6.42 Å². The number of hydrogen-bond donors (Lipinski definition) is 3. The van der Waals surface area contributed by atoms with Crippen molar-refractivity contribution in [1.29, 1.82) is 0 Å². The molecule has 1 saturated heterocycles. The summed E-state index contributed by atoms with van der Waals surface area (Å²) in [5.74, 6) is -0.452. The van der Waals surface area contributed by atoms with Crippen molar-refractivity contribution in [3.63, 3.8) is 0 Å². The second-order valence-electron chi connectivity index (χ2n) is 4.24. The molecule has 0 aromatic carbocycles. The first-order chi connectivity index (χ1) is 7.93. The molecule has 1 aromatic heterocycles. The van der Waals surface area contributed by atoms with Gasteiger partial charge in [-0.25, -0.2) is 4.79 Å². The third-order valence-electron chi connectivity index (χ3n) is 2.91. The summed E-state index contributed by atoms with van der Waals surface area (Å²) in [6.07, 6.45) is 0.558. The zero-order valence-electron chi connectivity index (χ0n) is 9.32. The zero-order valence-corrected chi connectivity index (χ0v) is 9.32. The van der Waals surface area contributed by atoms with Gasteiger partial charge in [0.05, 0.1) is 18.7 Å². The van der Waals surface area contributed by atoms with Gasteiger partial charge in [0.1, 0.15) is 5.69 Å². The van der Waals surface area contributed by atoms with Crippen LogP contribution in [0.1, 0.15) is 23.8 Å². The van der Waals surface area contributed by atoms with Gasteiger partial charge in [-0.1, -0.05) is 6.92 Å². The Morgan fingerprint density at radius 2 is 2.12 bits per heavy atom. The minimum atomic E-state index is -0.836. The number of amides is 1. The van der Waals surface area contributed by atoms with Crippen molar-refractivity contribution < 1.29 is 9.90 Å². The van der Waals surface area contributed by atoms with Crippen LogP contribution in [0.3, 0.4) is 0 Å². The summed E-state index contributed by atoms with van der Waals surface area (Å²) in [5, 5.41) is 9.76. The minimum absolute atomic E-state index is 0.0584. The predicted octanol–water partition coefficient (Wildman–Crippen LogP) is -1.34. The van der Waals surface area contributed by atoms with E-state index in [0.717, 1.165) is 6.07 Å². The molecule has 7 nitrogen and oxygen atoms in total. The SMILES string of the molecule is CCC1(O)CN(C(=O)c2cc(=O)[nH]c(=O)[nH]2)C1. The summed E-state index contributed by atoms with van der Waals surface area (Å²) in [7, 11) is 0. The quantitative estimate of drug-likeness (QED) is 0.593. The second kappa shape index (κ2) is 3.85. The minimum Gasteiger partial charge on any atom is -0.386 e. The average molecular weight is 239 g/mol. The predicted molar refractivity (Wildman–Crippen MR) is 58.8 cm³/mol.